The van der Waals surface area contributed by atoms with Gasteiger partial charge in [-0.2, -0.15) is 0 Å². The van der Waals surface area contributed by atoms with E-state index in [2.05, 4.69) is 37.9 Å². The van der Waals surface area contributed by atoms with Gasteiger partial charge < -0.3 is 14.4 Å². The topological polar surface area (TPSA) is 34.6 Å². The molecule has 4 nitrogen and oxygen atoms in total. The molecule has 0 N–H and O–H groups in total. The molecule has 0 aliphatic carbocycles. The van der Waals surface area contributed by atoms with E-state index in [1.165, 1.54) is 5.56 Å². The summed E-state index contributed by atoms with van der Waals surface area (Å²) in [5.74, 6) is 0.976. The Morgan fingerprint density at radius 1 is 1.11 bits per heavy atom. The van der Waals surface area contributed by atoms with Crippen LogP contribution < -0.4 is 4.90 Å². The Labute approximate surface area is 124 Å². The second-order valence-electron chi connectivity index (χ2n) is 4.04. The summed E-state index contributed by atoms with van der Waals surface area (Å²) in [6.45, 7) is 8.60. The van der Waals surface area contributed by atoms with E-state index >= 15 is 0 Å². The van der Waals surface area contributed by atoms with Gasteiger partial charge in [0.1, 0.15) is 5.82 Å². The molecule has 108 valence electrons. The van der Waals surface area contributed by atoms with Crippen LogP contribution in [0.3, 0.4) is 0 Å². The zero-order valence-electron chi connectivity index (χ0n) is 11.8. The third kappa shape index (κ3) is 6.36. The van der Waals surface area contributed by atoms with Crippen molar-refractivity contribution in [1.82, 2.24) is 4.98 Å². The Balaban J connectivity index is 2.58. The molecule has 0 spiro atoms. The second-order valence-corrected chi connectivity index (χ2v) is 4.60. The normalized spacial score (nSPS) is 10.7. The minimum atomic E-state index is 0.713. The van der Waals surface area contributed by atoms with Crippen LogP contribution in [-0.4, -0.2) is 44.5 Å². The van der Waals surface area contributed by atoms with E-state index in [0.29, 0.717) is 13.2 Å². The first-order valence-electron chi connectivity index (χ1n) is 6.73. The van der Waals surface area contributed by atoms with Gasteiger partial charge in [0, 0.05) is 37.8 Å². The van der Waals surface area contributed by atoms with Gasteiger partial charge in [0.15, 0.2) is 0 Å². The largest absolute Gasteiger partial charge is 0.380 e. The van der Waals surface area contributed by atoms with Crippen molar-refractivity contribution in [3.05, 3.63) is 23.9 Å². The third-order valence-electron chi connectivity index (χ3n) is 2.71. The lowest BCUT2D eigenvalue weighted by molar-refractivity contribution is 0.141. The smallest absolute Gasteiger partial charge is 0.128 e. The molecule has 0 atom stereocenters. The van der Waals surface area contributed by atoms with E-state index in [1.807, 2.05) is 20.0 Å². The predicted molar refractivity (Wildman–Crippen MR) is 82.1 cm³/mol. The molecule has 0 radical (unpaired) electrons. The summed E-state index contributed by atoms with van der Waals surface area (Å²) in [5.41, 5.74) is 1.18. The Kier molecular flexibility index (Phi) is 8.79. The van der Waals surface area contributed by atoms with Crippen molar-refractivity contribution < 1.29 is 9.47 Å². The molecular formula is C14H23BrN2O2. The van der Waals surface area contributed by atoms with E-state index in [0.717, 1.165) is 37.5 Å². The maximum absolute atomic E-state index is 5.42. The number of nitrogens with zero attached hydrogens (tertiary/aromatic N) is 2. The molecule has 0 amide bonds. The van der Waals surface area contributed by atoms with Crippen molar-refractivity contribution in [1.29, 1.82) is 0 Å². The highest BCUT2D eigenvalue weighted by Crippen LogP contribution is 2.12. The summed E-state index contributed by atoms with van der Waals surface area (Å²) in [4.78, 5) is 6.69. The fourth-order valence-corrected chi connectivity index (χ4v) is 1.99. The van der Waals surface area contributed by atoms with Crippen LogP contribution in [0.25, 0.3) is 0 Å². The second kappa shape index (κ2) is 10.2. The molecule has 5 heteroatoms. The highest BCUT2D eigenvalue weighted by molar-refractivity contribution is 9.08. The van der Waals surface area contributed by atoms with Crippen LogP contribution in [-0.2, 0) is 14.8 Å². The van der Waals surface area contributed by atoms with Gasteiger partial charge in [0.05, 0.1) is 13.2 Å². The van der Waals surface area contributed by atoms with Gasteiger partial charge >= 0.3 is 0 Å². The molecular weight excluding hydrogens is 308 g/mol. The third-order valence-corrected chi connectivity index (χ3v) is 3.35. The van der Waals surface area contributed by atoms with Crippen LogP contribution in [0.1, 0.15) is 19.4 Å². The number of ether oxygens (including phenoxy) is 2. The van der Waals surface area contributed by atoms with Crippen LogP contribution >= 0.6 is 15.9 Å². The maximum atomic E-state index is 5.42. The first kappa shape index (κ1) is 16.4. The molecule has 1 heterocycles. The van der Waals surface area contributed by atoms with E-state index in [1.54, 1.807) is 0 Å². The Hall–Kier alpha value is -0.650. The summed E-state index contributed by atoms with van der Waals surface area (Å²) in [6, 6.07) is 4.14. The van der Waals surface area contributed by atoms with Gasteiger partial charge in [-0.15, -0.1) is 0 Å². The molecule has 0 saturated heterocycles. The summed E-state index contributed by atoms with van der Waals surface area (Å²) in [5, 5.41) is 0.832. The predicted octanol–water partition coefficient (Wildman–Crippen LogP) is 2.86. The number of aromatic nitrogens is 1. The van der Waals surface area contributed by atoms with Crippen LogP contribution in [0.15, 0.2) is 18.3 Å². The standard InChI is InChI=1S/C14H23BrN2O2/c1-3-18-9-7-17(8-10-19-4-2)14-6-5-13(11-15)12-16-14/h5-6,12H,3-4,7-11H2,1-2H3. The lowest BCUT2D eigenvalue weighted by atomic mass is 10.3. The molecule has 19 heavy (non-hydrogen) atoms. The van der Waals surface area contributed by atoms with Crippen molar-refractivity contribution in [3.63, 3.8) is 0 Å². The molecule has 1 aromatic rings. The highest BCUT2D eigenvalue weighted by atomic mass is 79.9. The SMILES string of the molecule is CCOCCN(CCOCC)c1ccc(CBr)cn1. The Bertz CT molecular complexity index is 323. The molecule has 0 aliphatic heterocycles. The van der Waals surface area contributed by atoms with Gasteiger partial charge in [-0.3, -0.25) is 0 Å². The van der Waals surface area contributed by atoms with Crippen molar-refractivity contribution in [2.45, 2.75) is 19.2 Å². The van der Waals surface area contributed by atoms with E-state index in [4.69, 9.17) is 9.47 Å². The average molecular weight is 331 g/mol. The number of pyridine rings is 1. The average Bonchev–Trinajstić information content (AvgIpc) is 2.46. The molecule has 0 fully saturated rings. The van der Waals surface area contributed by atoms with Crippen LogP contribution in [0, 0.1) is 0 Å². The number of halogens is 1. The summed E-state index contributed by atoms with van der Waals surface area (Å²) < 4.78 is 10.8. The van der Waals surface area contributed by atoms with E-state index < -0.39 is 0 Å². The van der Waals surface area contributed by atoms with Crippen LogP contribution in [0.2, 0.25) is 0 Å². The monoisotopic (exact) mass is 330 g/mol. The zero-order chi connectivity index (χ0) is 13.9. The van der Waals surface area contributed by atoms with Crippen molar-refractivity contribution in [2.75, 3.05) is 44.4 Å². The molecule has 0 aliphatic rings. The first-order valence-corrected chi connectivity index (χ1v) is 7.85. The van der Waals surface area contributed by atoms with Crippen LogP contribution in [0.4, 0.5) is 5.82 Å². The van der Waals surface area contributed by atoms with Crippen molar-refractivity contribution in [2.24, 2.45) is 0 Å². The molecule has 1 rings (SSSR count). The minimum Gasteiger partial charge on any atom is -0.380 e. The van der Waals surface area contributed by atoms with E-state index in [9.17, 15) is 0 Å². The Morgan fingerprint density at radius 3 is 2.16 bits per heavy atom. The van der Waals surface area contributed by atoms with Gasteiger partial charge in [-0.05, 0) is 25.5 Å². The fourth-order valence-electron chi connectivity index (χ4n) is 1.66. The van der Waals surface area contributed by atoms with E-state index in [-0.39, 0.29) is 0 Å². The fraction of sp³-hybridized carbons (Fsp3) is 0.643. The number of rotatable bonds is 10. The number of hydrogen-bond donors (Lipinski definition) is 0. The molecule has 0 bridgehead atoms. The van der Waals surface area contributed by atoms with Gasteiger partial charge in [-0.1, -0.05) is 22.0 Å². The first-order chi connectivity index (χ1) is 9.31. The molecule has 0 aromatic carbocycles. The van der Waals surface area contributed by atoms with Gasteiger partial charge in [-0.25, -0.2) is 4.98 Å². The molecule has 0 saturated carbocycles. The highest BCUT2D eigenvalue weighted by Gasteiger charge is 2.07. The lowest BCUT2D eigenvalue weighted by Crippen LogP contribution is -2.31. The Morgan fingerprint density at radius 2 is 1.74 bits per heavy atom. The number of anilines is 1. The van der Waals surface area contributed by atoms with Crippen molar-refractivity contribution in [3.8, 4) is 0 Å². The summed E-state index contributed by atoms with van der Waals surface area (Å²) >= 11 is 3.43. The minimum absolute atomic E-state index is 0.713. The van der Waals surface area contributed by atoms with Crippen molar-refractivity contribution >= 4 is 21.7 Å². The quantitative estimate of drug-likeness (QED) is 0.488. The number of alkyl halides is 1. The molecule has 1 aromatic heterocycles. The summed E-state index contributed by atoms with van der Waals surface area (Å²) in [6.07, 6.45) is 1.90. The van der Waals surface area contributed by atoms with Gasteiger partial charge in [0.2, 0.25) is 0 Å². The molecule has 0 unspecified atom stereocenters. The maximum Gasteiger partial charge on any atom is 0.128 e. The zero-order valence-corrected chi connectivity index (χ0v) is 13.4. The lowest BCUT2D eigenvalue weighted by Gasteiger charge is -2.23. The number of hydrogen-bond acceptors (Lipinski definition) is 4. The summed E-state index contributed by atoms with van der Waals surface area (Å²) in [7, 11) is 0. The van der Waals surface area contributed by atoms with Crippen LogP contribution in [0.5, 0.6) is 0 Å². The van der Waals surface area contributed by atoms with Gasteiger partial charge in [0.25, 0.3) is 0 Å².